The molecule has 0 atom stereocenters. The first kappa shape index (κ1) is 18.2. The molecular formula is C15H25N3O4. The summed E-state index contributed by atoms with van der Waals surface area (Å²) in [6, 6.07) is 7.45. The normalized spacial score (nSPS) is 12.0. The Hall–Kier alpha value is -1.83. The van der Waals surface area contributed by atoms with Crippen LogP contribution in [0.25, 0.3) is 0 Å². The van der Waals surface area contributed by atoms with Crippen molar-refractivity contribution in [1.29, 1.82) is 0 Å². The fourth-order valence-corrected chi connectivity index (χ4v) is 1.65. The summed E-state index contributed by atoms with van der Waals surface area (Å²) in [6.45, 7) is 7.47. The molecule has 7 heteroatoms. The van der Waals surface area contributed by atoms with Crippen LogP contribution in [0.5, 0.6) is 0 Å². The fraction of sp³-hybridized carbons (Fsp3) is 0.533. The lowest BCUT2D eigenvalue weighted by molar-refractivity contribution is -0.152. The number of benzene rings is 1. The Kier molecular flexibility index (Phi) is 8.97. The average molecular weight is 311 g/mol. The van der Waals surface area contributed by atoms with Gasteiger partial charge in [0.2, 0.25) is 0 Å². The molecule has 0 aromatic heterocycles. The molecule has 0 radical (unpaired) electrons. The van der Waals surface area contributed by atoms with Gasteiger partial charge in [-0.1, -0.05) is 32.9 Å². The number of nitrogens with zero attached hydrogens (tertiary/aromatic N) is 1. The molecule has 2 N–H and O–H groups in total. The molecule has 0 amide bonds. The lowest BCUT2D eigenvalue weighted by atomic mass is 10.3. The van der Waals surface area contributed by atoms with Crippen LogP contribution >= 0.6 is 0 Å². The number of hydrazine groups is 2. The molecule has 0 spiro atoms. The lowest BCUT2D eigenvalue weighted by Crippen LogP contribution is -2.39. The van der Waals surface area contributed by atoms with Crippen LogP contribution in [0.1, 0.15) is 27.2 Å². The molecule has 2 rings (SSSR count). The van der Waals surface area contributed by atoms with Gasteiger partial charge in [-0.25, -0.2) is 4.79 Å². The van der Waals surface area contributed by atoms with Gasteiger partial charge < -0.3 is 14.3 Å². The second-order valence-corrected chi connectivity index (χ2v) is 4.18. The van der Waals surface area contributed by atoms with Crippen molar-refractivity contribution >= 4 is 17.3 Å². The third-order valence-electron chi connectivity index (χ3n) is 2.55. The van der Waals surface area contributed by atoms with Gasteiger partial charge in [0.25, 0.3) is 0 Å². The third-order valence-corrected chi connectivity index (χ3v) is 2.55. The minimum atomic E-state index is -0.480. The van der Waals surface area contributed by atoms with Gasteiger partial charge >= 0.3 is 5.97 Å². The van der Waals surface area contributed by atoms with Crippen LogP contribution in [-0.4, -0.2) is 32.4 Å². The molecule has 1 aromatic rings. The Labute approximate surface area is 131 Å². The zero-order chi connectivity index (χ0) is 16.2. The molecule has 1 heterocycles. The minimum Gasteiger partial charge on any atom is -0.379 e. The number of rotatable bonds is 8. The van der Waals surface area contributed by atoms with E-state index in [2.05, 4.69) is 11.0 Å². The third kappa shape index (κ3) is 5.88. The number of hydrogen-bond donors (Lipinski definition) is 2. The number of hydrogen-bond acceptors (Lipinski definition) is 7. The van der Waals surface area contributed by atoms with Gasteiger partial charge in [0.1, 0.15) is 12.3 Å². The first-order valence-corrected chi connectivity index (χ1v) is 7.58. The van der Waals surface area contributed by atoms with Gasteiger partial charge in [0.15, 0.2) is 0 Å². The highest BCUT2D eigenvalue weighted by Gasteiger charge is 2.21. The summed E-state index contributed by atoms with van der Waals surface area (Å²) in [6.07, 6.45) is 0.967. The number of anilines is 2. The molecule has 7 nitrogen and oxygen atoms in total. The molecule has 0 aliphatic carbocycles. The molecule has 0 fully saturated rings. The molecule has 0 saturated carbocycles. The number of carbonyl (C=O) groups excluding carboxylic acids is 1. The summed E-state index contributed by atoms with van der Waals surface area (Å²) in [7, 11) is 0. The summed E-state index contributed by atoms with van der Waals surface area (Å²) < 4.78 is 10.4. The highest BCUT2D eigenvalue weighted by atomic mass is 16.8. The summed E-state index contributed by atoms with van der Waals surface area (Å²) in [5, 5.41) is 1.27. The maximum absolute atomic E-state index is 11.6. The van der Waals surface area contributed by atoms with Crippen LogP contribution in [0.4, 0.5) is 11.4 Å². The van der Waals surface area contributed by atoms with E-state index >= 15 is 0 Å². The van der Waals surface area contributed by atoms with Crippen LogP contribution in [0, 0.1) is 0 Å². The Bertz CT molecular complexity index is 443. The monoisotopic (exact) mass is 311 g/mol. The van der Waals surface area contributed by atoms with Gasteiger partial charge in [-0.2, -0.15) is 0 Å². The zero-order valence-corrected chi connectivity index (χ0v) is 13.4. The van der Waals surface area contributed by atoms with Crippen molar-refractivity contribution in [3.63, 3.8) is 0 Å². The first-order valence-electron chi connectivity index (χ1n) is 7.58. The fourth-order valence-electron chi connectivity index (χ4n) is 1.65. The molecule has 0 saturated heterocycles. The lowest BCUT2D eigenvalue weighted by Gasteiger charge is -2.16. The van der Waals surface area contributed by atoms with E-state index in [0.29, 0.717) is 19.8 Å². The second-order valence-electron chi connectivity index (χ2n) is 4.18. The van der Waals surface area contributed by atoms with E-state index in [9.17, 15) is 4.79 Å². The molecule has 0 unspecified atom stereocenters. The van der Waals surface area contributed by atoms with Crippen LogP contribution < -0.4 is 16.1 Å². The van der Waals surface area contributed by atoms with Crippen molar-refractivity contribution < 1.29 is 19.1 Å². The maximum atomic E-state index is 11.6. The van der Waals surface area contributed by atoms with Crippen LogP contribution in [0.3, 0.4) is 0 Å². The highest BCUT2D eigenvalue weighted by Crippen LogP contribution is 2.27. The SMILES string of the molecule is CC.CCCOCCOCC(=O)ON1NNc2ccccc21. The number of para-hydroxylation sites is 2. The largest absolute Gasteiger partial charge is 0.379 e. The van der Waals surface area contributed by atoms with Crippen molar-refractivity contribution in [2.45, 2.75) is 27.2 Å². The second kappa shape index (κ2) is 10.8. The minimum absolute atomic E-state index is 0.115. The van der Waals surface area contributed by atoms with Crippen molar-refractivity contribution in [1.82, 2.24) is 5.53 Å². The van der Waals surface area contributed by atoms with E-state index in [1.807, 2.05) is 45.0 Å². The van der Waals surface area contributed by atoms with Crippen LogP contribution in [-0.2, 0) is 19.1 Å². The van der Waals surface area contributed by atoms with Gasteiger partial charge in [0, 0.05) is 6.61 Å². The standard InChI is InChI=1S/C13H19N3O4.C2H6/c1-2-7-18-8-9-19-10-13(17)20-16-12-6-4-3-5-11(12)14-15-16;1-2/h3-6,14-15H,2,7-10H2,1H3;1-2H3. The van der Waals surface area contributed by atoms with Crippen molar-refractivity contribution in [3.8, 4) is 0 Å². The van der Waals surface area contributed by atoms with E-state index in [-0.39, 0.29) is 6.61 Å². The predicted molar refractivity (Wildman–Crippen MR) is 85.0 cm³/mol. The van der Waals surface area contributed by atoms with Gasteiger partial charge in [-0.3, -0.25) is 5.43 Å². The molecule has 22 heavy (non-hydrogen) atoms. The number of carbonyl (C=O) groups is 1. The topological polar surface area (TPSA) is 72.1 Å². The molecule has 0 bridgehead atoms. The molecular weight excluding hydrogens is 286 g/mol. The van der Waals surface area contributed by atoms with E-state index < -0.39 is 5.97 Å². The average Bonchev–Trinajstić information content (AvgIpc) is 2.96. The van der Waals surface area contributed by atoms with Gasteiger partial charge in [-0.05, 0) is 18.6 Å². The molecule has 1 aromatic carbocycles. The summed E-state index contributed by atoms with van der Waals surface area (Å²) in [5.74, 6) is -0.480. The Morgan fingerprint density at radius 3 is 2.64 bits per heavy atom. The van der Waals surface area contributed by atoms with E-state index in [1.54, 1.807) is 0 Å². The van der Waals surface area contributed by atoms with Crippen molar-refractivity contribution in [2.75, 3.05) is 37.0 Å². The number of fused-ring (bicyclic) bond motifs is 1. The molecule has 1 aliphatic rings. The Morgan fingerprint density at radius 1 is 1.14 bits per heavy atom. The zero-order valence-electron chi connectivity index (χ0n) is 13.4. The quantitative estimate of drug-likeness (QED) is 0.713. The summed E-state index contributed by atoms with van der Waals surface area (Å²) in [5.41, 5.74) is 7.20. The van der Waals surface area contributed by atoms with Crippen LogP contribution in [0.2, 0.25) is 0 Å². The van der Waals surface area contributed by atoms with Gasteiger partial charge in [0.05, 0.1) is 18.9 Å². The summed E-state index contributed by atoms with van der Waals surface area (Å²) >= 11 is 0. The molecule has 124 valence electrons. The number of ether oxygens (including phenoxy) is 2. The molecule has 1 aliphatic heterocycles. The Balaban J connectivity index is 0.00000116. The van der Waals surface area contributed by atoms with Crippen molar-refractivity contribution in [3.05, 3.63) is 24.3 Å². The van der Waals surface area contributed by atoms with Crippen molar-refractivity contribution in [2.24, 2.45) is 0 Å². The van der Waals surface area contributed by atoms with Crippen LogP contribution in [0.15, 0.2) is 24.3 Å². The number of nitrogens with one attached hydrogen (secondary N) is 2. The Morgan fingerprint density at radius 2 is 1.86 bits per heavy atom. The van der Waals surface area contributed by atoms with E-state index in [0.717, 1.165) is 17.8 Å². The predicted octanol–water partition coefficient (Wildman–Crippen LogP) is 2.27. The first-order chi connectivity index (χ1) is 10.8. The highest BCUT2D eigenvalue weighted by molar-refractivity contribution is 5.76. The smallest absolute Gasteiger partial charge is 0.359 e. The van der Waals surface area contributed by atoms with E-state index in [1.165, 1.54) is 5.17 Å². The maximum Gasteiger partial charge on any atom is 0.359 e. The van der Waals surface area contributed by atoms with Gasteiger partial charge in [-0.15, -0.1) is 10.7 Å². The van der Waals surface area contributed by atoms with E-state index in [4.69, 9.17) is 14.3 Å². The summed E-state index contributed by atoms with van der Waals surface area (Å²) in [4.78, 5) is 16.7.